The van der Waals surface area contributed by atoms with Crippen molar-refractivity contribution in [3.05, 3.63) is 65.0 Å². The number of hydrogen-bond acceptors (Lipinski definition) is 2. The molecule has 5 heteroatoms. The summed E-state index contributed by atoms with van der Waals surface area (Å²) in [5.74, 6) is -2.66. The summed E-state index contributed by atoms with van der Waals surface area (Å²) >= 11 is 0. The number of para-hydroxylation sites is 1. The molecule has 0 bridgehead atoms. The molecule has 0 atom stereocenters. The van der Waals surface area contributed by atoms with Crippen molar-refractivity contribution in [1.82, 2.24) is 0 Å². The number of nitrogens with two attached hydrogens (primary N) is 1. The van der Waals surface area contributed by atoms with E-state index < -0.39 is 23.2 Å². The number of ether oxygens (including phenoxy) is 1. The van der Waals surface area contributed by atoms with E-state index >= 15 is 0 Å². The lowest BCUT2D eigenvalue weighted by Crippen LogP contribution is -2.03. The maximum Gasteiger partial charge on any atom is 0.191 e. The molecule has 0 saturated carbocycles. The second-order valence-electron chi connectivity index (χ2n) is 3.97. The number of hydrogen-bond donors (Lipinski definition) is 1. The molecular weight excluding hydrogens is 255 g/mol. The van der Waals surface area contributed by atoms with E-state index in [0.29, 0.717) is 5.56 Å². The molecule has 0 aliphatic rings. The van der Waals surface area contributed by atoms with Crippen LogP contribution in [0.15, 0.2) is 36.4 Å². The van der Waals surface area contributed by atoms with Crippen LogP contribution in [-0.2, 0) is 13.2 Å². The second-order valence-corrected chi connectivity index (χ2v) is 3.97. The molecule has 0 heterocycles. The van der Waals surface area contributed by atoms with Gasteiger partial charge in [-0.2, -0.15) is 0 Å². The Bertz CT molecular complexity index is 567. The molecule has 19 heavy (non-hydrogen) atoms. The highest BCUT2D eigenvalue weighted by molar-refractivity contribution is 5.28. The van der Waals surface area contributed by atoms with E-state index in [2.05, 4.69) is 0 Å². The van der Waals surface area contributed by atoms with Crippen molar-refractivity contribution in [3.8, 4) is 5.75 Å². The van der Waals surface area contributed by atoms with Gasteiger partial charge in [-0.05, 0) is 23.8 Å². The summed E-state index contributed by atoms with van der Waals surface area (Å²) in [5.41, 5.74) is 6.22. The molecule has 2 N–H and O–H groups in total. The lowest BCUT2D eigenvalue weighted by Gasteiger charge is -2.09. The molecule has 0 aliphatic heterocycles. The third kappa shape index (κ3) is 3.06. The fourth-order valence-electron chi connectivity index (χ4n) is 1.61. The van der Waals surface area contributed by atoms with E-state index in [1.165, 1.54) is 18.2 Å². The topological polar surface area (TPSA) is 35.2 Å². The minimum Gasteiger partial charge on any atom is -0.483 e. The zero-order chi connectivity index (χ0) is 13.8. The van der Waals surface area contributed by atoms with Gasteiger partial charge in [-0.15, -0.1) is 0 Å². The predicted molar refractivity (Wildman–Crippen MR) is 65.0 cm³/mol. The Morgan fingerprint density at radius 2 is 1.63 bits per heavy atom. The molecule has 0 amide bonds. The first kappa shape index (κ1) is 13.4. The van der Waals surface area contributed by atoms with Crippen LogP contribution >= 0.6 is 0 Å². The molecule has 0 aromatic heterocycles. The smallest absolute Gasteiger partial charge is 0.191 e. The van der Waals surface area contributed by atoms with Gasteiger partial charge < -0.3 is 10.5 Å². The molecule has 0 saturated heterocycles. The fourth-order valence-corrected chi connectivity index (χ4v) is 1.61. The van der Waals surface area contributed by atoms with Crippen LogP contribution in [0.2, 0.25) is 0 Å². The lowest BCUT2D eigenvalue weighted by molar-refractivity contribution is 0.269. The van der Waals surface area contributed by atoms with Crippen molar-refractivity contribution in [2.24, 2.45) is 5.73 Å². The molecular formula is C14H12F3NO. The predicted octanol–water partition coefficient (Wildman–Crippen LogP) is 3.14. The summed E-state index contributed by atoms with van der Waals surface area (Å²) in [7, 11) is 0. The minimum absolute atomic E-state index is 0.208. The zero-order valence-corrected chi connectivity index (χ0v) is 10.00. The zero-order valence-electron chi connectivity index (χ0n) is 10.00. The summed E-state index contributed by atoms with van der Waals surface area (Å²) < 4.78 is 45.2. The van der Waals surface area contributed by atoms with Crippen LogP contribution in [0.3, 0.4) is 0 Å². The first-order valence-electron chi connectivity index (χ1n) is 5.66. The molecule has 0 radical (unpaired) electrons. The van der Waals surface area contributed by atoms with Gasteiger partial charge in [0.1, 0.15) is 12.4 Å². The van der Waals surface area contributed by atoms with E-state index in [4.69, 9.17) is 10.5 Å². The van der Waals surface area contributed by atoms with Gasteiger partial charge in [0.2, 0.25) is 0 Å². The van der Waals surface area contributed by atoms with Gasteiger partial charge in [0.05, 0.1) is 0 Å². The van der Waals surface area contributed by atoms with Crippen LogP contribution in [0.1, 0.15) is 11.1 Å². The molecule has 100 valence electrons. The van der Waals surface area contributed by atoms with Crippen molar-refractivity contribution >= 4 is 0 Å². The van der Waals surface area contributed by atoms with Crippen molar-refractivity contribution < 1.29 is 17.9 Å². The molecule has 0 fully saturated rings. The van der Waals surface area contributed by atoms with E-state index in [1.54, 1.807) is 6.07 Å². The highest BCUT2D eigenvalue weighted by Gasteiger charge is 2.11. The molecule has 2 rings (SSSR count). The van der Waals surface area contributed by atoms with E-state index in [0.717, 1.165) is 12.1 Å². The average Bonchev–Trinajstić information content (AvgIpc) is 2.39. The molecule has 0 aliphatic carbocycles. The van der Waals surface area contributed by atoms with Gasteiger partial charge in [0.25, 0.3) is 0 Å². The SMILES string of the molecule is NCc1ccc(COc2c(F)cccc2F)c(F)c1. The van der Waals surface area contributed by atoms with Gasteiger partial charge in [-0.25, -0.2) is 13.2 Å². The summed E-state index contributed by atoms with van der Waals surface area (Å²) in [6.45, 7) is -0.0332. The Labute approximate surface area is 108 Å². The van der Waals surface area contributed by atoms with Crippen LogP contribution in [0.5, 0.6) is 5.75 Å². The summed E-state index contributed by atoms with van der Waals surface area (Å²) in [6, 6.07) is 7.78. The van der Waals surface area contributed by atoms with Crippen LogP contribution < -0.4 is 10.5 Å². The minimum atomic E-state index is -0.820. The van der Waals surface area contributed by atoms with Crippen molar-refractivity contribution in [2.45, 2.75) is 13.2 Å². The van der Waals surface area contributed by atoms with Crippen molar-refractivity contribution in [3.63, 3.8) is 0 Å². The van der Waals surface area contributed by atoms with Crippen molar-refractivity contribution in [1.29, 1.82) is 0 Å². The highest BCUT2D eigenvalue weighted by atomic mass is 19.1. The van der Waals surface area contributed by atoms with E-state index in [9.17, 15) is 13.2 Å². The third-order valence-electron chi connectivity index (χ3n) is 2.64. The summed E-state index contributed by atoms with van der Waals surface area (Å²) in [6.07, 6.45) is 0. The van der Waals surface area contributed by atoms with Crippen LogP contribution in [0, 0.1) is 17.5 Å². The van der Waals surface area contributed by atoms with Gasteiger partial charge in [-0.1, -0.05) is 18.2 Å². The molecule has 0 spiro atoms. The van der Waals surface area contributed by atoms with Crippen LogP contribution in [0.25, 0.3) is 0 Å². The summed E-state index contributed by atoms with van der Waals surface area (Å²) in [5, 5.41) is 0. The van der Waals surface area contributed by atoms with Crippen LogP contribution in [-0.4, -0.2) is 0 Å². The Hall–Kier alpha value is -2.01. The quantitative estimate of drug-likeness (QED) is 0.923. The molecule has 2 aromatic rings. The van der Waals surface area contributed by atoms with Crippen molar-refractivity contribution in [2.75, 3.05) is 0 Å². The van der Waals surface area contributed by atoms with E-state index in [1.807, 2.05) is 0 Å². The highest BCUT2D eigenvalue weighted by Crippen LogP contribution is 2.22. The number of halogens is 3. The van der Waals surface area contributed by atoms with Crippen LogP contribution in [0.4, 0.5) is 13.2 Å². The van der Waals surface area contributed by atoms with Gasteiger partial charge in [0.15, 0.2) is 17.4 Å². The normalized spacial score (nSPS) is 10.5. The third-order valence-corrected chi connectivity index (χ3v) is 2.64. The van der Waals surface area contributed by atoms with E-state index in [-0.39, 0.29) is 18.7 Å². The average molecular weight is 267 g/mol. The molecule has 2 aromatic carbocycles. The maximum atomic E-state index is 13.6. The fraction of sp³-hybridized carbons (Fsp3) is 0.143. The Morgan fingerprint density at radius 3 is 2.21 bits per heavy atom. The molecule has 2 nitrogen and oxygen atoms in total. The van der Waals surface area contributed by atoms with Gasteiger partial charge >= 0.3 is 0 Å². The first-order chi connectivity index (χ1) is 9.11. The Balaban J connectivity index is 2.15. The monoisotopic (exact) mass is 267 g/mol. The summed E-state index contributed by atoms with van der Waals surface area (Å²) in [4.78, 5) is 0. The number of benzene rings is 2. The Morgan fingerprint density at radius 1 is 0.947 bits per heavy atom. The maximum absolute atomic E-state index is 13.6. The second kappa shape index (κ2) is 5.75. The largest absolute Gasteiger partial charge is 0.483 e. The molecule has 0 unspecified atom stereocenters. The first-order valence-corrected chi connectivity index (χ1v) is 5.66. The lowest BCUT2D eigenvalue weighted by atomic mass is 10.1. The Kier molecular flexibility index (Phi) is 4.06. The standard InChI is InChI=1S/C14H12F3NO/c15-11-2-1-3-12(16)14(11)19-8-10-5-4-9(7-18)6-13(10)17/h1-6H,7-8,18H2. The van der Waals surface area contributed by atoms with Gasteiger partial charge in [-0.3, -0.25) is 0 Å². The number of rotatable bonds is 4. The van der Waals surface area contributed by atoms with Gasteiger partial charge in [0, 0.05) is 12.1 Å².